The number of hydrogen-bond donors (Lipinski definition) is 0. The molecule has 0 saturated carbocycles. The van der Waals surface area contributed by atoms with Crippen LogP contribution in [0.1, 0.15) is 55.2 Å². The van der Waals surface area contributed by atoms with Gasteiger partial charge in [0.25, 0.3) is 0 Å². The summed E-state index contributed by atoms with van der Waals surface area (Å²) in [5.41, 5.74) is 4.82. The molecule has 3 aliphatic rings. The highest BCUT2D eigenvalue weighted by Gasteiger charge is 2.14. The quantitative estimate of drug-likeness (QED) is 0.604. The summed E-state index contributed by atoms with van der Waals surface area (Å²) < 4.78 is 0. The van der Waals surface area contributed by atoms with Crippen molar-refractivity contribution in [3.8, 4) is 0 Å². The monoisotopic (exact) mass is 214 g/mol. The molecule has 0 aromatic heterocycles. The Morgan fingerprint density at radius 3 is 1.38 bits per heavy atom. The molecule has 1 aromatic carbocycles. The second-order valence-corrected chi connectivity index (χ2v) is 5.70. The zero-order chi connectivity index (χ0) is 10.8. The van der Waals surface area contributed by atoms with E-state index >= 15 is 0 Å². The van der Waals surface area contributed by atoms with Crippen molar-refractivity contribution >= 4 is 0 Å². The average molecular weight is 214 g/mol. The van der Waals surface area contributed by atoms with Gasteiger partial charge in [0.15, 0.2) is 0 Å². The number of aryl methyl sites for hydroxylation is 3. The first kappa shape index (κ1) is 10.4. The van der Waals surface area contributed by atoms with E-state index in [0.29, 0.717) is 0 Å². The van der Waals surface area contributed by atoms with Crippen molar-refractivity contribution in [2.24, 2.45) is 5.92 Å². The largest absolute Gasteiger partial charge is 0.0558 e. The Labute approximate surface area is 99.1 Å². The number of benzene rings is 1. The van der Waals surface area contributed by atoms with Gasteiger partial charge in [0.05, 0.1) is 0 Å². The minimum atomic E-state index is 1.03. The number of hydrogen-bond acceptors (Lipinski definition) is 0. The van der Waals surface area contributed by atoms with Crippen LogP contribution in [0, 0.1) is 5.92 Å². The lowest BCUT2D eigenvalue weighted by Gasteiger charge is -2.21. The summed E-state index contributed by atoms with van der Waals surface area (Å²) in [6.45, 7) is 0. The minimum absolute atomic E-state index is 1.03. The Morgan fingerprint density at radius 1 is 0.625 bits per heavy atom. The van der Waals surface area contributed by atoms with Gasteiger partial charge in [-0.2, -0.15) is 0 Å². The molecule has 4 rings (SSSR count). The van der Waals surface area contributed by atoms with E-state index in [9.17, 15) is 0 Å². The summed E-state index contributed by atoms with van der Waals surface area (Å²) in [5.74, 6) is 1.03. The van der Waals surface area contributed by atoms with Crippen molar-refractivity contribution in [1.29, 1.82) is 0 Å². The summed E-state index contributed by atoms with van der Waals surface area (Å²) in [6.07, 6.45) is 12.6. The predicted octanol–water partition coefficient (Wildman–Crippen LogP) is 4.30. The van der Waals surface area contributed by atoms with Gasteiger partial charge in [-0.05, 0) is 61.1 Å². The normalized spacial score (nSPS) is 21.8. The molecule has 0 fully saturated rings. The van der Waals surface area contributed by atoms with E-state index in [-0.39, 0.29) is 0 Å². The van der Waals surface area contributed by atoms with Crippen LogP contribution in [0.25, 0.3) is 0 Å². The van der Waals surface area contributed by atoms with Gasteiger partial charge in [-0.25, -0.2) is 0 Å². The standard InChI is InChI=1S/C16H22/c1-4-13-5-2-8-15-10-14(7-1)11-16(12-15)9-3-6-13/h10-13H,1-9H2. The topological polar surface area (TPSA) is 0 Å². The number of rotatable bonds is 0. The lowest BCUT2D eigenvalue weighted by Crippen LogP contribution is -2.08. The molecule has 0 spiro atoms. The molecule has 0 unspecified atom stereocenters. The molecule has 0 amide bonds. The van der Waals surface area contributed by atoms with Crippen molar-refractivity contribution in [3.05, 3.63) is 34.9 Å². The molecule has 0 nitrogen and oxygen atoms in total. The Hall–Kier alpha value is -0.780. The van der Waals surface area contributed by atoms with Crippen molar-refractivity contribution < 1.29 is 0 Å². The van der Waals surface area contributed by atoms with Crippen LogP contribution in [0.3, 0.4) is 0 Å². The van der Waals surface area contributed by atoms with Crippen molar-refractivity contribution in [1.82, 2.24) is 0 Å². The average Bonchev–Trinajstić information content (AvgIpc) is 2.28. The van der Waals surface area contributed by atoms with Crippen LogP contribution in [0.15, 0.2) is 18.2 Å². The van der Waals surface area contributed by atoms with Crippen LogP contribution >= 0.6 is 0 Å². The predicted molar refractivity (Wildman–Crippen MR) is 68.7 cm³/mol. The second-order valence-electron chi connectivity index (χ2n) is 5.70. The van der Waals surface area contributed by atoms with E-state index in [1.54, 1.807) is 16.7 Å². The Morgan fingerprint density at radius 2 is 1.00 bits per heavy atom. The Kier molecular flexibility index (Phi) is 2.99. The molecule has 0 atom stereocenters. The van der Waals surface area contributed by atoms with Crippen molar-refractivity contribution in [2.75, 3.05) is 0 Å². The Bertz CT molecular complexity index is 295. The SMILES string of the molecule is c1c2cc3cc1CCCC(CCC2)CCC3. The lowest BCUT2D eigenvalue weighted by atomic mass is 9.84. The van der Waals surface area contributed by atoms with E-state index in [2.05, 4.69) is 18.2 Å². The van der Waals surface area contributed by atoms with Gasteiger partial charge < -0.3 is 0 Å². The molecule has 3 aliphatic carbocycles. The van der Waals surface area contributed by atoms with Crippen LogP contribution < -0.4 is 0 Å². The maximum atomic E-state index is 2.46. The molecule has 0 heterocycles. The lowest BCUT2D eigenvalue weighted by molar-refractivity contribution is 0.383. The summed E-state index contributed by atoms with van der Waals surface area (Å²) in [6, 6.07) is 7.39. The molecule has 16 heavy (non-hydrogen) atoms. The van der Waals surface area contributed by atoms with Gasteiger partial charge in [-0.3, -0.25) is 0 Å². The zero-order valence-electron chi connectivity index (χ0n) is 10.2. The molecule has 0 radical (unpaired) electrons. The van der Waals surface area contributed by atoms with Gasteiger partial charge in [0.2, 0.25) is 0 Å². The molecule has 86 valence electrons. The van der Waals surface area contributed by atoms with E-state index in [4.69, 9.17) is 0 Å². The highest BCUT2D eigenvalue weighted by atomic mass is 14.2. The first-order chi connectivity index (χ1) is 7.90. The van der Waals surface area contributed by atoms with Gasteiger partial charge in [-0.15, -0.1) is 0 Å². The van der Waals surface area contributed by atoms with E-state index in [1.807, 2.05) is 0 Å². The van der Waals surface area contributed by atoms with Crippen LogP contribution in [0.4, 0.5) is 0 Å². The van der Waals surface area contributed by atoms with Crippen LogP contribution in [0.2, 0.25) is 0 Å². The van der Waals surface area contributed by atoms with E-state index in [0.717, 1.165) is 5.92 Å². The fraction of sp³-hybridized carbons (Fsp3) is 0.625. The van der Waals surface area contributed by atoms with Crippen LogP contribution in [-0.2, 0) is 19.3 Å². The first-order valence-corrected chi connectivity index (χ1v) is 7.02. The summed E-state index contributed by atoms with van der Waals surface area (Å²) in [4.78, 5) is 0. The number of fused-ring (bicyclic) bond motifs is 6. The minimum Gasteiger partial charge on any atom is -0.0558 e. The van der Waals surface area contributed by atoms with Crippen molar-refractivity contribution in [3.63, 3.8) is 0 Å². The third-order valence-corrected chi connectivity index (χ3v) is 4.35. The highest BCUT2D eigenvalue weighted by Crippen LogP contribution is 2.28. The molecular weight excluding hydrogens is 192 g/mol. The molecular formula is C16H22. The van der Waals surface area contributed by atoms with Crippen LogP contribution in [-0.4, -0.2) is 0 Å². The van der Waals surface area contributed by atoms with E-state index in [1.165, 1.54) is 57.8 Å². The maximum absolute atomic E-state index is 2.46. The smallest absolute Gasteiger partial charge is 0.0279 e. The second kappa shape index (κ2) is 4.61. The molecule has 4 bridgehead atoms. The fourth-order valence-electron chi connectivity index (χ4n) is 3.49. The third-order valence-electron chi connectivity index (χ3n) is 4.35. The first-order valence-electron chi connectivity index (χ1n) is 7.02. The summed E-state index contributed by atoms with van der Waals surface area (Å²) in [5, 5.41) is 0. The van der Waals surface area contributed by atoms with Crippen molar-refractivity contribution in [2.45, 2.75) is 57.8 Å². The zero-order valence-corrected chi connectivity index (χ0v) is 10.2. The van der Waals surface area contributed by atoms with Gasteiger partial charge >= 0.3 is 0 Å². The van der Waals surface area contributed by atoms with E-state index < -0.39 is 0 Å². The third kappa shape index (κ3) is 2.31. The Balaban J connectivity index is 1.99. The van der Waals surface area contributed by atoms with Crippen LogP contribution in [0.5, 0.6) is 0 Å². The maximum Gasteiger partial charge on any atom is -0.0279 e. The molecule has 0 saturated heterocycles. The van der Waals surface area contributed by atoms with Gasteiger partial charge in [0.1, 0.15) is 0 Å². The summed E-state index contributed by atoms with van der Waals surface area (Å²) >= 11 is 0. The molecule has 0 N–H and O–H groups in total. The molecule has 0 aliphatic heterocycles. The van der Waals surface area contributed by atoms with Gasteiger partial charge in [0, 0.05) is 0 Å². The fourth-order valence-corrected chi connectivity index (χ4v) is 3.49. The highest BCUT2D eigenvalue weighted by molar-refractivity contribution is 5.31. The molecule has 1 aromatic rings. The van der Waals surface area contributed by atoms with Gasteiger partial charge in [-0.1, -0.05) is 37.5 Å². The molecule has 0 heteroatoms. The summed E-state index contributed by atoms with van der Waals surface area (Å²) in [7, 11) is 0.